The molecule has 1 aliphatic rings. The Bertz CT molecular complexity index is 467. The van der Waals surface area contributed by atoms with E-state index >= 15 is 0 Å². The molecule has 1 aliphatic heterocycles. The minimum Gasteiger partial charge on any atom is -0.467 e. The molecule has 1 aromatic heterocycles. The van der Waals surface area contributed by atoms with Gasteiger partial charge in [0.05, 0.1) is 18.7 Å². The third-order valence-electron chi connectivity index (χ3n) is 3.88. The predicted molar refractivity (Wildman–Crippen MR) is 74.7 cm³/mol. The second kappa shape index (κ2) is 6.11. The van der Waals surface area contributed by atoms with Crippen molar-refractivity contribution in [1.82, 2.24) is 10.2 Å². The monoisotopic (exact) mass is 278 g/mol. The number of furan rings is 1. The van der Waals surface area contributed by atoms with E-state index in [0.29, 0.717) is 19.0 Å². The Hall–Kier alpha value is -1.78. The first-order chi connectivity index (χ1) is 9.47. The average Bonchev–Trinajstić information content (AvgIpc) is 3.00. The van der Waals surface area contributed by atoms with Gasteiger partial charge in [-0.2, -0.15) is 0 Å². The van der Waals surface area contributed by atoms with Crippen LogP contribution in [0.2, 0.25) is 0 Å². The lowest BCUT2D eigenvalue weighted by molar-refractivity contribution is -0.129. The Kier molecular flexibility index (Phi) is 4.47. The fourth-order valence-electron chi connectivity index (χ4n) is 2.20. The first-order valence-electron chi connectivity index (χ1n) is 7.08. The number of hydrogen-bond donors (Lipinski definition) is 1. The van der Waals surface area contributed by atoms with Gasteiger partial charge in [0.1, 0.15) is 5.76 Å². The number of amides is 2. The summed E-state index contributed by atoms with van der Waals surface area (Å²) in [5.74, 6) is 0.865. The second-order valence-corrected chi connectivity index (χ2v) is 5.80. The highest BCUT2D eigenvalue weighted by molar-refractivity contribution is 5.89. The molecule has 0 saturated carbocycles. The van der Waals surface area contributed by atoms with Crippen LogP contribution in [-0.2, 0) is 16.1 Å². The molecule has 110 valence electrons. The molecule has 1 saturated heterocycles. The third-order valence-corrected chi connectivity index (χ3v) is 3.88. The van der Waals surface area contributed by atoms with Gasteiger partial charge in [-0.05, 0) is 25.0 Å². The summed E-state index contributed by atoms with van der Waals surface area (Å²) < 4.78 is 5.24. The van der Waals surface area contributed by atoms with Gasteiger partial charge in [0.15, 0.2) is 0 Å². The Balaban J connectivity index is 1.89. The van der Waals surface area contributed by atoms with E-state index in [4.69, 9.17) is 4.42 Å². The number of carbonyl (C=O) groups is 2. The molecule has 20 heavy (non-hydrogen) atoms. The van der Waals surface area contributed by atoms with Crippen molar-refractivity contribution in [2.75, 3.05) is 6.54 Å². The van der Waals surface area contributed by atoms with Crippen molar-refractivity contribution in [2.24, 2.45) is 11.8 Å². The van der Waals surface area contributed by atoms with E-state index in [1.807, 2.05) is 13.0 Å². The fraction of sp³-hybridized carbons (Fsp3) is 0.600. The number of hydrogen-bond acceptors (Lipinski definition) is 3. The second-order valence-electron chi connectivity index (χ2n) is 5.80. The largest absolute Gasteiger partial charge is 0.467 e. The van der Waals surface area contributed by atoms with Gasteiger partial charge in [0, 0.05) is 19.0 Å². The van der Waals surface area contributed by atoms with E-state index in [0.717, 1.165) is 5.76 Å². The normalized spacial score (nSPS) is 20.5. The van der Waals surface area contributed by atoms with Crippen molar-refractivity contribution >= 4 is 11.8 Å². The fourth-order valence-corrected chi connectivity index (χ4v) is 2.20. The summed E-state index contributed by atoms with van der Waals surface area (Å²) in [6.45, 7) is 7.02. The van der Waals surface area contributed by atoms with E-state index < -0.39 is 0 Å². The third kappa shape index (κ3) is 3.40. The standard InChI is InChI=1S/C15H22N2O3/c1-10(2)11(3)16-15(19)12-7-14(18)17(8-12)9-13-5-4-6-20-13/h4-6,10-12H,7-9H2,1-3H3,(H,16,19)/t11-,12-/m1/s1. The van der Waals surface area contributed by atoms with Crippen molar-refractivity contribution in [1.29, 1.82) is 0 Å². The van der Waals surface area contributed by atoms with Gasteiger partial charge in [0.2, 0.25) is 11.8 Å². The SMILES string of the molecule is CC(C)[C@@H](C)NC(=O)[C@@H]1CC(=O)N(Cc2ccco2)C1. The number of rotatable bonds is 5. The van der Waals surface area contributed by atoms with Gasteiger partial charge in [0.25, 0.3) is 0 Å². The van der Waals surface area contributed by atoms with Gasteiger partial charge >= 0.3 is 0 Å². The summed E-state index contributed by atoms with van der Waals surface area (Å²) in [6, 6.07) is 3.75. The van der Waals surface area contributed by atoms with E-state index in [9.17, 15) is 9.59 Å². The molecule has 2 rings (SSSR count). The molecule has 0 spiro atoms. The van der Waals surface area contributed by atoms with Crippen LogP contribution in [0.1, 0.15) is 33.0 Å². The summed E-state index contributed by atoms with van der Waals surface area (Å²) in [7, 11) is 0. The molecular weight excluding hydrogens is 256 g/mol. The lowest BCUT2D eigenvalue weighted by Gasteiger charge is -2.20. The van der Waals surface area contributed by atoms with Crippen LogP contribution < -0.4 is 5.32 Å². The Labute approximate surface area is 119 Å². The predicted octanol–water partition coefficient (Wildman–Crippen LogP) is 1.79. The average molecular weight is 278 g/mol. The van der Waals surface area contributed by atoms with Gasteiger partial charge in [-0.25, -0.2) is 0 Å². The van der Waals surface area contributed by atoms with Crippen LogP contribution >= 0.6 is 0 Å². The topological polar surface area (TPSA) is 62.6 Å². The molecule has 1 fully saturated rings. The highest BCUT2D eigenvalue weighted by atomic mass is 16.3. The molecule has 5 nitrogen and oxygen atoms in total. The van der Waals surface area contributed by atoms with Crippen LogP contribution in [0.25, 0.3) is 0 Å². The Morgan fingerprint density at radius 2 is 2.25 bits per heavy atom. The van der Waals surface area contributed by atoms with Crippen LogP contribution in [0.5, 0.6) is 0 Å². The zero-order valence-electron chi connectivity index (χ0n) is 12.3. The van der Waals surface area contributed by atoms with Crippen LogP contribution in [0.3, 0.4) is 0 Å². The molecule has 2 heterocycles. The maximum absolute atomic E-state index is 12.1. The Morgan fingerprint density at radius 1 is 1.50 bits per heavy atom. The summed E-state index contributed by atoms with van der Waals surface area (Å²) in [5.41, 5.74) is 0. The molecule has 2 atom stereocenters. The minimum absolute atomic E-state index is 0.0127. The number of likely N-dealkylation sites (tertiary alicyclic amines) is 1. The zero-order chi connectivity index (χ0) is 14.7. The van der Waals surface area contributed by atoms with Gasteiger partial charge in [-0.3, -0.25) is 9.59 Å². The maximum Gasteiger partial charge on any atom is 0.225 e. The first-order valence-corrected chi connectivity index (χ1v) is 7.08. The van der Waals surface area contributed by atoms with Crippen LogP contribution in [0, 0.1) is 11.8 Å². The number of carbonyl (C=O) groups excluding carboxylic acids is 2. The van der Waals surface area contributed by atoms with Crippen molar-refractivity contribution in [3.8, 4) is 0 Å². The van der Waals surface area contributed by atoms with E-state index in [-0.39, 0.29) is 30.2 Å². The maximum atomic E-state index is 12.1. The highest BCUT2D eigenvalue weighted by Crippen LogP contribution is 2.21. The molecule has 0 radical (unpaired) electrons. The van der Waals surface area contributed by atoms with E-state index in [1.165, 1.54) is 0 Å². The zero-order valence-corrected chi connectivity index (χ0v) is 12.3. The first kappa shape index (κ1) is 14.6. The quantitative estimate of drug-likeness (QED) is 0.893. The molecule has 1 aromatic rings. The van der Waals surface area contributed by atoms with Gasteiger partial charge in [-0.15, -0.1) is 0 Å². The molecule has 0 aliphatic carbocycles. The van der Waals surface area contributed by atoms with Crippen molar-refractivity contribution in [3.05, 3.63) is 24.2 Å². The molecule has 2 amide bonds. The van der Waals surface area contributed by atoms with E-state index in [2.05, 4.69) is 19.2 Å². The van der Waals surface area contributed by atoms with Crippen molar-refractivity contribution in [3.63, 3.8) is 0 Å². The summed E-state index contributed by atoms with van der Waals surface area (Å²) >= 11 is 0. The van der Waals surface area contributed by atoms with Crippen LogP contribution in [0.15, 0.2) is 22.8 Å². The van der Waals surface area contributed by atoms with Gasteiger partial charge in [-0.1, -0.05) is 13.8 Å². The van der Waals surface area contributed by atoms with Crippen LogP contribution in [0.4, 0.5) is 0 Å². The minimum atomic E-state index is -0.251. The summed E-state index contributed by atoms with van der Waals surface area (Å²) in [4.78, 5) is 25.8. The number of nitrogens with one attached hydrogen (secondary N) is 1. The molecule has 1 N–H and O–H groups in total. The van der Waals surface area contributed by atoms with Crippen molar-refractivity contribution < 1.29 is 14.0 Å². The molecule has 0 unspecified atom stereocenters. The Morgan fingerprint density at radius 3 is 2.85 bits per heavy atom. The molecule has 0 aromatic carbocycles. The summed E-state index contributed by atoms with van der Waals surface area (Å²) in [6.07, 6.45) is 1.88. The molecular formula is C15H22N2O3. The highest BCUT2D eigenvalue weighted by Gasteiger charge is 2.35. The molecule has 0 bridgehead atoms. The van der Waals surface area contributed by atoms with Crippen molar-refractivity contribution in [2.45, 2.75) is 39.8 Å². The molecule has 5 heteroatoms. The lowest BCUT2D eigenvalue weighted by Crippen LogP contribution is -2.40. The lowest BCUT2D eigenvalue weighted by atomic mass is 10.0. The van der Waals surface area contributed by atoms with Gasteiger partial charge < -0.3 is 14.6 Å². The summed E-state index contributed by atoms with van der Waals surface area (Å²) in [5, 5.41) is 2.98. The van der Waals surface area contributed by atoms with E-state index in [1.54, 1.807) is 17.2 Å². The number of nitrogens with zero attached hydrogens (tertiary/aromatic N) is 1. The van der Waals surface area contributed by atoms with Crippen LogP contribution in [-0.4, -0.2) is 29.3 Å². The smallest absolute Gasteiger partial charge is 0.225 e.